The molecule has 0 bridgehead atoms. The van der Waals surface area contributed by atoms with Crippen LogP contribution in [0.15, 0.2) is 30.3 Å². The Bertz CT molecular complexity index is 852. The van der Waals surface area contributed by atoms with Crippen LogP contribution < -0.4 is 10.1 Å². The van der Waals surface area contributed by atoms with E-state index < -0.39 is 0 Å². The second kappa shape index (κ2) is 7.16. The minimum Gasteiger partial charge on any atom is -0.497 e. The number of ether oxygens (including phenoxy) is 1. The van der Waals surface area contributed by atoms with Gasteiger partial charge in [0.05, 0.1) is 18.8 Å². The van der Waals surface area contributed by atoms with Gasteiger partial charge in [0.1, 0.15) is 17.3 Å². The Kier molecular flexibility index (Phi) is 4.78. The van der Waals surface area contributed by atoms with Crippen LogP contribution in [-0.4, -0.2) is 38.4 Å². The third-order valence-corrected chi connectivity index (χ3v) is 3.85. The van der Waals surface area contributed by atoms with Crippen LogP contribution in [0.2, 0.25) is 0 Å². The third-order valence-electron chi connectivity index (χ3n) is 3.85. The molecule has 8 nitrogen and oxygen atoms in total. The van der Waals surface area contributed by atoms with Crippen LogP contribution in [0.5, 0.6) is 5.75 Å². The molecule has 0 aliphatic heterocycles. The fourth-order valence-corrected chi connectivity index (χ4v) is 2.45. The molecule has 0 radical (unpaired) electrons. The summed E-state index contributed by atoms with van der Waals surface area (Å²) in [5.74, 6) is 1.81. The van der Waals surface area contributed by atoms with Gasteiger partial charge in [0.2, 0.25) is 0 Å². The van der Waals surface area contributed by atoms with Crippen molar-refractivity contribution in [3.05, 3.63) is 47.7 Å². The highest BCUT2D eigenvalue weighted by Gasteiger charge is 2.19. The number of H-pyrrole nitrogens is 2. The smallest absolute Gasteiger partial charge is 0.269 e. The van der Waals surface area contributed by atoms with Crippen molar-refractivity contribution < 1.29 is 9.53 Å². The van der Waals surface area contributed by atoms with E-state index >= 15 is 0 Å². The maximum atomic E-state index is 12.5. The van der Waals surface area contributed by atoms with Gasteiger partial charge < -0.3 is 10.1 Å². The number of carbonyl (C=O) groups excluding carboxylic acids is 1. The normalized spacial score (nSPS) is 12.0. The topological polar surface area (TPSA) is 109 Å². The Labute approximate surface area is 145 Å². The molecule has 3 rings (SSSR count). The van der Waals surface area contributed by atoms with Crippen LogP contribution in [0.25, 0.3) is 11.3 Å². The molecule has 0 spiro atoms. The molecule has 3 aromatic rings. The number of aryl methyl sites for hydroxylation is 1. The van der Waals surface area contributed by atoms with Gasteiger partial charge in [0.25, 0.3) is 5.91 Å². The Morgan fingerprint density at radius 1 is 1.24 bits per heavy atom. The molecule has 2 aromatic heterocycles. The minimum atomic E-state index is -0.259. The summed E-state index contributed by atoms with van der Waals surface area (Å²) in [6.07, 6.45) is 0.683. The largest absolute Gasteiger partial charge is 0.497 e. The average Bonchev–Trinajstić information content (AvgIpc) is 3.29. The van der Waals surface area contributed by atoms with E-state index in [1.807, 2.05) is 38.1 Å². The SMILES string of the molecule is CC[C@@H](NC(=O)c1cc(-c2ccc(OC)cc2)n[nH]1)c1n[nH]c(C)n1. The van der Waals surface area contributed by atoms with Gasteiger partial charge in [0.15, 0.2) is 5.82 Å². The Balaban J connectivity index is 1.73. The number of nitrogens with zero attached hydrogens (tertiary/aromatic N) is 3. The molecule has 0 aliphatic rings. The summed E-state index contributed by atoms with van der Waals surface area (Å²) in [6, 6.07) is 8.94. The van der Waals surface area contributed by atoms with Crippen LogP contribution >= 0.6 is 0 Å². The van der Waals surface area contributed by atoms with E-state index in [1.165, 1.54) is 0 Å². The molecule has 8 heteroatoms. The van der Waals surface area contributed by atoms with E-state index in [2.05, 4.69) is 30.7 Å². The van der Waals surface area contributed by atoms with E-state index in [9.17, 15) is 4.79 Å². The van der Waals surface area contributed by atoms with Gasteiger partial charge in [-0.1, -0.05) is 6.92 Å². The number of rotatable bonds is 6. The predicted molar refractivity (Wildman–Crippen MR) is 92.2 cm³/mol. The number of nitrogens with one attached hydrogen (secondary N) is 3. The zero-order chi connectivity index (χ0) is 17.8. The second-order valence-corrected chi connectivity index (χ2v) is 5.61. The molecule has 1 aromatic carbocycles. The highest BCUT2D eigenvalue weighted by atomic mass is 16.5. The lowest BCUT2D eigenvalue weighted by atomic mass is 10.1. The summed E-state index contributed by atoms with van der Waals surface area (Å²) in [5, 5.41) is 16.8. The summed E-state index contributed by atoms with van der Waals surface area (Å²) < 4.78 is 5.14. The fourth-order valence-electron chi connectivity index (χ4n) is 2.45. The van der Waals surface area contributed by atoms with Gasteiger partial charge >= 0.3 is 0 Å². The molecule has 2 heterocycles. The molecule has 130 valence electrons. The summed E-state index contributed by atoms with van der Waals surface area (Å²) in [6.45, 7) is 3.79. The van der Waals surface area contributed by atoms with Crippen molar-refractivity contribution in [1.29, 1.82) is 0 Å². The van der Waals surface area contributed by atoms with Crippen molar-refractivity contribution in [2.24, 2.45) is 0 Å². The van der Waals surface area contributed by atoms with Gasteiger partial charge in [-0.3, -0.25) is 15.0 Å². The first kappa shape index (κ1) is 16.7. The quantitative estimate of drug-likeness (QED) is 0.638. The molecular formula is C17H20N6O2. The standard InChI is InChI=1S/C17H20N6O2/c1-4-13(16-18-10(2)20-23-16)19-17(24)15-9-14(21-22-15)11-5-7-12(25-3)8-6-11/h5-9,13H,4H2,1-3H3,(H,19,24)(H,21,22)(H,18,20,23)/t13-/m1/s1. The number of hydrogen-bond acceptors (Lipinski definition) is 5. The maximum absolute atomic E-state index is 12.5. The van der Waals surface area contributed by atoms with Crippen LogP contribution in [0.4, 0.5) is 0 Å². The van der Waals surface area contributed by atoms with Gasteiger partial charge in [-0.25, -0.2) is 4.98 Å². The molecule has 1 amide bonds. The number of carbonyl (C=O) groups is 1. The van der Waals surface area contributed by atoms with E-state index in [4.69, 9.17) is 4.74 Å². The fraction of sp³-hybridized carbons (Fsp3) is 0.294. The Morgan fingerprint density at radius 3 is 2.60 bits per heavy atom. The molecular weight excluding hydrogens is 320 g/mol. The van der Waals surface area contributed by atoms with Crippen molar-refractivity contribution >= 4 is 5.91 Å². The minimum absolute atomic E-state index is 0.249. The van der Waals surface area contributed by atoms with E-state index in [0.717, 1.165) is 11.3 Å². The third kappa shape index (κ3) is 3.68. The maximum Gasteiger partial charge on any atom is 0.269 e. The number of aromatic nitrogens is 5. The number of hydrogen-bond donors (Lipinski definition) is 3. The first-order valence-corrected chi connectivity index (χ1v) is 8.00. The number of aromatic amines is 2. The number of amides is 1. The van der Waals surface area contributed by atoms with Crippen molar-refractivity contribution in [1.82, 2.24) is 30.7 Å². The summed E-state index contributed by atoms with van der Waals surface area (Å²) in [7, 11) is 1.62. The van der Waals surface area contributed by atoms with Gasteiger partial charge in [-0.15, -0.1) is 0 Å². The Hall–Kier alpha value is -3.16. The van der Waals surface area contributed by atoms with Crippen LogP contribution in [0.1, 0.15) is 41.5 Å². The van der Waals surface area contributed by atoms with Gasteiger partial charge in [0, 0.05) is 5.56 Å². The molecule has 0 saturated heterocycles. The molecule has 1 atom stereocenters. The number of benzene rings is 1. The van der Waals surface area contributed by atoms with Crippen LogP contribution in [0, 0.1) is 6.92 Å². The molecule has 0 saturated carbocycles. The summed E-state index contributed by atoms with van der Waals surface area (Å²) in [4.78, 5) is 16.7. The highest BCUT2D eigenvalue weighted by molar-refractivity contribution is 5.93. The van der Waals surface area contributed by atoms with Crippen molar-refractivity contribution in [2.75, 3.05) is 7.11 Å². The second-order valence-electron chi connectivity index (χ2n) is 5.61. The van der Waals surface area contributed by atoms with E-state index in [-0.39, 0.29) is 11.9 Å². The van der Waals surface area contributed by atoms with E-state index in [1.54, 1.807) is 13.2 Å². The first-order chi connectivity index (χ1) is 12.1. The highest BCUT2D eigenvalue weighted by Crippen LogP contribution is 2.21. The Morgan fingerprint density at radius 2 is 2.00 bits per heavy atom. The summed E-state index contributed by atoms with van der Waals surface area (Å²) in [5.41, 5.74) is 1.97. The summed E-state index contributed by atoms with van der Waals surface area (Å²) >= 11 is 0. The molecule has 0 unspecified atom stereocenters. The van der Waals surface area contributed by atoms with Crippen molar-refractivity contribution in [2.45, 2.75) is 26.3 Å². The monoisotopic (exact) mass is 340 g/mol. The zero-order valence-corrected chi connectivity index (χ0v) is 14.3. The van der Waals surface area contributed by atoms with Crippen molar-refractivity contribution in [3.8, 4) is 17.0 Å². The van der Waals surface area contributed by atoms with Gasteiger partial charge in [-0.05, 0) is 43.7 Å². The predicted octanol–water partition coefficient (Wildman–Crippen LogP) is 2.39. The van der Waals surface area contributed by atoms with Gasteiger partial charge in [-0.2, -0.15) is 10.2 Å². The van der Waals surface area contributed by atoms with Crippen LogP contribution in [0.3, 0.4) is 0 Å². The van der Waals surface area contributed by atoms with Crippen LogP contribution in [-0.2, 0) is 0 Å². The molecule has 0 aliphatic carbocycles. The van der Waals surface area contributed by atoms with Crippen molar-refractivity contribution in [3.63, 3.8) is 0 Å². The number of methoxy groups -OCH3 is 1. The lowest BCUT2D eigenvalue weighted by Crippen LogP contribution is -2.29. The zero-order valence-electron chi connectivity index (χ0n) is 14.3. The lowest BCUT2D eigenvalue weighted by molar-refractivity contribution is 0.0928. The molecule has 25 heavy (non-hydrogen) atoms. The first-order valence-electron chi connectivity index (χ1n) is 8.00. The molecule has 0 fully saturated rings. The lowest BCUT2D eigenvalue weighted by Gasteiger charge is -2.12. The van der Waals surface area contributed by atoms with E-state index in [0.29, 0.717) is 29.5 Å². The average molecular weight is 340 g/mol. The molecule has 3 N–H and O–H groups in total.